The second kappa shape index (κ2) is 5.41. The van der Waals surface area contributed by atoms with E-state index in [1.807, 2.05) is 12.1 Å². The molecule has 1 fully saturated rings. The van der Waals surface area contributed by atoms with E-state index < -0.39 is 17.7 Å². The first-order valence-corrected chi connectivity index (χ1v) is 7.77. The number of carbonyl (C=O) groups excluding carboxylic acids is 2. The van der Waals surface area contributed by atoms with Crippen LogP contribution in [0.5, 0.6) is 0 Å². The van der Waals surface area contributed by atoms with Crippen molar-refractivity contribution in [1.82, 2.24) is 4.57 Å². The average Bonchev–Trinajstić information content (AvgIpc) is 3.24. The van der Waals surface area contributed by atoms with Crippen LogP contribution < -0.4 is 0 Å². The van der Waals surface area contributed by atoms with Gasteiger partial charge in [0.15, 0.2) is 0 Å². The second-order valence-corrected chi connectivity index (χ2v) is 6.93. The molecule has 0 unspecified atom stereocenters. The van der Waals surface area contributed by atoms with Crippen molar-refractivity contribution in [1.29, 1.82) is 0 Å². The van der Waals surface area contributed by atoms with Gasteiger partial charge in [-0.25, -0.2) is 14.2 Å². The number of fused-ring (bicyclic) bond motifs is 1. The Morgan fingerprint density at radius 3 is 2.43 bits per heavy atom. The largest absolute Gasteiger partial charge is 0.464 e. The number of rotatable bonds is 2. The maximum atomic E-state index is 12.6. The van der Waals surface area contributed by atoms with E-state index in [4.69, 9.17) is 9.47 Å². The third-order valence-electron chi connectivity index (χ3n) is 3.85. The van der Waals surface area contributed by atoms with Crippen LogP contribution in [-0.4, -0.2) is 29.3 Å². The number of hydrogen-bond donors (Lipinski definition) is 0. The molecule has 0 aliphatic heterocycles. The molecule has 0 radical (unpaired) electrons. The van der Waals surface area contributed by atoms with E-state index in [1.54, 1.807) is 26.8 Å². The lowest BCUT2D eigenvalue weighted by Gasteiger charge is -2.20. The Bertz CT molecular complexity index is 778. The molecule has 23 heavy (non-hydrogen) atoms. The van der Waals surface area contributed by atoms with Crippen molar-refractivity contribution in [3.05, 3.63) is 35.5 Å². The Kier molecular flexibility index (Phi) is 3.66. The molecule has 1 aliphatic carbocycles. The molecule has 3 rings (SSSR count). The van der Waals surface area contributed by atoms with Crippen LogP contribution in [0.4, 0.5) is 4.79 Å². The number of nitrogens with zero attached hydrogens (tertiary/aromatic N) is 1. The third-order valence-corrected chi connectivity index (χ3v) is 3.85. The number of benzene rings is 1. The highest BCUT2D eigenvalue weighted by atomic mass is 16.6. The van der Waals surface area contributed by atoms with Crippen molar-refractivity contribution in [2.45, 2.75) is 45.1 Å². The standard InChI is InChI=1S/C18H21NO4/c1-18(2,3)23-17(21)19-14-9-12(11-5-6-11)7-8-13(14)10-15(19)16(20)22-4/h7-11H,5-6H2,1-4H3. The molecule has 1 aromatic heterocycles. The van der Waals surface area contributed by atoms with Gasteiger partial charge in [0.2, 0.25) is 0 Å². The van der Waals surface area contributed by atoms with Crippen LogP contribution in [-0.2, 0) is 9.47 Å². The summed E-state index contributed by atoms with van der Waals surface area (Å²) in [6.45, 7) is 5.39. The van der Waals surface area contributed by atoms with E-state index >= 15 is 0 Å². The molecule has 0 amide bonds. The predicted molar refractivity (Wildman–Crippen MR) is 86.9 cm³/mol. The van der Waals surface area contributed by atoms with Gasteiger partial charge >= 0.3 is 12.1 Å². The molecule has 122 valence electrons. The summed E-state index contributed by atoms with van der Waals surface area (Å²) in [6.07, 6.45) is 1.77. The smallest absolute Gasteiger partial charge is 0.419 e. The van der Waals surface area contributed by atoms with Crippen molar-refractivity contribution >= 4 is 23.0 Å². The minimum Gasteiger partial charge on any atom is -0.464 e. The Morgan fingerprint density at radius 1 is 1.17 bits per heavy atom. The maximum absolute atomic E-state index is 12.6. The second-order valence-electron chi connectivity index (χ2n) is 6.93. The molecule has 0 saturated heterocycles. The molecule has 5 heteroatoms. The molecule has 1 heterocycles. The van der Waals surface area contributed by atoms with Crippen LogP contribution in [0, 0.1) is 0 Å². The molecule has 2 aromatic rings. The van der Waals surface area contributed by atoms with Gasteiger partial charge in [-0.2, -0.15) is 0 Å². The van der Waals surface area contributed by atoms with E-state index in [2.05, 4.69) is 6.07 Å². The van der Waals surface area contributed by atoms with Gasteiger partial charge in [0.25, 0.3) is 0 Å². The summed E-state index contributed by atoms with van der Waals surface area (Å²) in [5, 5.41) is 0.820. The lowest BCUT2D eigenvalue weighted by atomic mass is 10.1. The quantitative estimate of drug-likeness (QED) is 0.783. The summed E-state index contributed by atoms with van der Waals surface area (Å²) in [5.74, 6) is 0.00277. The Labute approximate surface area is 135 Å². The van der Waals surface area contributed by atoms with Crippen molar-refractivity contribution in [2.24, 2.45) is 0 Å². The first kappa shape index (κ1) is 15.6. The van der Waals surface area contributed by atoms with Gasteiger partial charge in [-0.05, 0) is 57.2 Å². The lowest BCUT2D eigenvalue weighted by Crippen LogP contribution is -2.29. The normalized spacial score (nSPS) is 14.8. The maximum Gasteiger partial charge on any atom is 0.419 e. The van der Waals surface area contributed by atoms with Crippen molar-refractivity contribution in [2.75, 3.05) is 7.11 Å². The van der Waals surface area contributed by atoms with Crippen LogP contribution in [0.3, 0.4) is 0 Å². The number of methoxy groups -OCH3 is 1. The van der Waals surface area contributed by atoms with E-state index in [-0.39, 0.29) is 5.69 Å². The van der Waals surface area contributed by atoms with Crippen LogP contribution in [0.2, 0.25) is 0 Å². The fraction of sp³-hybridized carbons (Fsp3) is 0.444. The number of carbonyl (C=O) groups is 2. The Morgan fingerprint density at radius 2 is 1.87 bits per heavy atom. The molecular formula is C18H21NO4. The number of hydrogen-bond acceptors (Lipinski definition) is 4. The first-order valence-electron chi connectivity index (χ1n) is 7.77. The van der Waals surface area contributed by atoms with Crippen LogP contribution in [0.25, 0.3) is 10.9 Å². The first-order chi connectivity index (χ1) is 10.8. The zero-order chi connectivity index (χ0) is 16.8. The van der Waals surface area contributed by atoms with Gasteiger partial charge in [-0.15, -0.1) is 0 Å². The Hall–Kier alpha value is -2.30. The molecule has 1 aromatic carbocycles. The fourth-order valence-corrected chi connectivity index (χ4v) is 2.65. The molecule has 0 bridgehead atoms. The van der Waals surface area contributed by atoms with E-state index in [9.17, 15) is 9.59 Å². The van der Waals surface area contributed by atoms with Gasteiger partial charge in [0.1, 0.15) is 11.3 Å². The Balaban J connectivity index is 2.15. The monoisotopic (exact) mass is 315 g/mol. The molecule has 0 atom stereocenters. The van der Waals surface area contributed by atoms with Gasteiger partial charge in [0.05, 0.1) is 12.6 Å². The van der Waals surface area contributed by atoms with Gasteiger partial charge in [-0.1, -0.05) is 12.1 Å². The molecule has 0 spiro atoms. The number of aromatic nitrogens is 1. The minimum atomic E-state index is -0.644. The van der Waals surface area contributed by atoms with E-state index in [0.717, 1.165) is 5.39 Å². The van der Waals surface area contributed by atoms with Crippen LogP contribution in [0.1, 0.15) is 55.6 Å². The summed E-state index contributed by atoms with van der Waals surface area (Å²) >= 11 is 0. The molecule has 5 nitrogen and oxygen atoms in total. The summed E-state index contributed by atoms with van der Waals surface area (Å²) in [4.78, 5) is 24.7. The van der Waals surface area contributed by atoms with Gasteiger partial charge in [-0.3, -0.25) is 0 Å². The van der Waals surface area contributed by atoms with Crippen LogP contribution >= 0.6 is 0 Å². The van der Waals surface area contributed by atoms with Gasteiger partial charge < -0.3 is 9.47 Å². The molecular weight excluding hydrogens is 294 g/mol. The highest BCUT2D eigenvalue weighted by Gasteiger charge is 2.28. The van der Waals surface area contributed by atoms with Crippen molar-refractivity contribution < 1.29 is 19.1 Å². The summed E-state index contributed by atoms with van der Waals surface area (Å²) in [7, 11) is 1.30. The molecule has 1 aliphatic rings. The van der Waals surface area contributed by atoms with Crippen molar-refractivity contribution in [3.8, 4) is 0 Å². The zero-order valence-electron chi connectivity index (χ0n) is 13.9. The minimum absolute atomic E-state index is 0.185. The van der Waals surface area contributed by atoms with Crippen molar-refractivity contribution in [3.63, 3.8) is 0 Å². The zero-order valence-corrected chi connectivity index (χ0v) is 13.9. The topological polar surface area (TPSA) is 57.5 Å². The van der Waals surface area contributed by atoms with Crippen LogP contribution in [0.15, 0.2) is 24.3 Å². The van der Waals surface area contributed by atoms with E-state index in [0.29, 0.717) is 11.4 Å². The highest BCUT2D eigenvalue weighted by molar-refractivity contribution is 6.01. The summed E-state index contributed by atoms with van der Waals surface area (Å²) < 4.78 is 11.6. The lowest BCUT2D eigenvalue weighted by molar-refractivity contribution is 0.0489. The average molecular weight is 315 g/mol. The summed E-state index contributed by atoms with van der Waals surface area (Å²) in [5.41, 5.74) is 1.42. The molecule has 1 saturated carbocycles. The highest BCUT2D eigenvalue weighted by Crippen LogP contribution is 2.41. The predicted octanol–water partition coefficient (Wildman–Crippen LogP) is 4.09. The van der Waals surface area contributed by atoms with E-state index in [1.165, 1.54) is 30.1 Å². The SMILES string of the molecule is COC(=O)c1cc2ccc(C3CC3)cc2n1C(=O)OC(C)(C)C. The third kappa shape index (κ3) is 3.09. The number of ether oxygens (including phenoxy) is 2. The summed E-state index contributed by atoms with van der Waals surface area (Å²) in [6, 6.07) is 7.64. The molecule has 0 N–H and O–H groups in total. The number of esters is 1. The fourth-order valence-electron chi connectivity index (χ4n) is 2.65. The van der Waals surface area contributed by atoms with Gasteiger partial charge in [0, 0.05) is 5.39 Å².